The van der Waals surface area contributed by atoms with E-state index < -0.39 is 10.1 Å². The molecular weight excluding hydrogens is 230 g/mol. The fourth-order valence-electron chi connectivity index (χ4n) is 1.39. The summed E-state index contributed by atoms with van der Waals surface area (Å²) in [5, 5.41) is -0.294. The van der Waals surface area contributed by atoms with Gasteiger partial charge in [0.25, 0.3) is 0 Å². The molecule has 0 amide bonds. The molecule has 0 unspecified atom stereocenters. The Morgan fingerprint density at radius 2 is 2.00 bits per heavy atom. The molecule has 0 aromatic carbocycles. The number of hydrogen-bond acceptors (Lipinski definition) is 4. The van der Waals surface area contributed by atoms with Gasteiger partial charge in [-0.1, -0.05) is 13.8 Å². The Kier molecular flexibility index (Phi) is 4.06. The van der Waals surface area contributed by atoms with E-state index in [1.54, 1.807) is 11.6 Å². The van der Waals surface area contributed by atoms with E-state index in [0.29, 0.717) is 12.4 Å². The van der Waals surface area contributed by atoms with Gasteiger partial charge < -0.3 is 4.57 Å². The predicted octanol–water partition coefficient (Wildman–Crippen LogP) is 0.509. The van der Waals surface area contributed by atoms with Crippen LogP contribution < -0.4 is 0 Å². The van der Waals surface area contributed by atoms with Crippen LogP contribution in [-0.2, 0) is 23.7 Å². The normalized spacial score (nSPS) is 12.3. The van der Waals surface area contributed by atoms with Crippen molar-refractivity contribution < 1.29 is 13.0 Å². The van der Waals surface area contributed by atoms with Crippen molar-refractivity contribution in [3.63, 3.8) is 0 Å². The summed E-state index contributed by atoms with van der Waals surface area (Å²) in [6.45, 7) is 6.35. The minimum Gasteiger partial charge on any atom is -0.335 e. The highest BCUT2D eigenvalue weighted by Crippen LogP contribution is 2.09. The minimum atomic E-state index is -4.20. The van der Waals surface area contributed by atoms with E-state index in [2.05, 4.69) is 9.88 Å². The number of nitrogens with zero attached hydrogens (tertiary/aromatic N) is 3. The van der Waals surface area contributed by atoms with Crippen LogP contribution in [0.1, 0.15) is 19.7 Å². The van der Waals surface area contributed by atoms with Crippen LogP contribution >= 0.6 is 0 Å². The van der Waals surface area contributed by atoms with E-state index in [0.717, 1.165) is 13.1 Å². The van der Waals surface area contributed by atoms with Gasteiger partial charge in [-0.15, -0.1) is 0 Å². The summed E-state index contributed by atoms with van der Waals surface area (Å²) in [5.41, 5.74) is 0. The van der Waals surface area contributed by atoms with Gasteiger partial charge in [0.1, 0.15) is 5.82 Å². The summed E-state index contributed by atoms with van der Waals surface area (Å²) in [7, 11) is -2.50. The van der Waals surface area contributed by atoms with E-state index in [9.17, 15) is 8.42 Å². The van der Waals surface area contributed by atoms with Gasteiger partial charge in [-0.2, -0.15) is 8.42 Å². The summed E-state index contributed by atoms with van der Waals surface area (Å²) in [5.74, 6) is 0.622. The quantitative estimate of drug-likeness (QED) is 0.767. The Morgan fingerprint density at radius 1 is 1.44 bits per heavy atom. The third kappa shape index (κ3) is 3.03. The van der Waals surface area contributed by atoms with Gasteiger partial charge >= 0.3 is 10.1 Å². The Balaban J connectivity index is 2.94. The van der Waals surface area contributed by atoms with E-state index in [4.69, 9.17) is 4.55 Å². The van der Waals surface area contributed by atoms with Crippen molar-refractivity contribution in [1.29, 1.82) is 0 Å². The third-order valence-electron chi connectivity index (χ3n) is 2.47. The van der Waals surface area contributed by atoms with Crippen LogP contribution in [0.3, 0.4) is 0 Å². The van der Waals surface area contributed by atoms with Gasteiger partial charge in [-0.25, -0.2) is 4.98 Å². The summed E-state index contributed by atoms with van der Waals surface area (Å²) < 4.78 is 32.2. The first-order chi connectivity index (χ1) is 7.38. The molecule has 1 aromatic rings. The second-order valence-electron chi connectivity index (χ2n) is 3.54. The van der Waals surface area contributed by atoms with E-state index in [-0.39, 0.29) is 5.03 Å². The molecule has 0 bridgehead atoms. The molecule has 0 saturated carbocycles. The molecule has 7 heteroatoms. The van der Waals surface area contributed by atoms with Crippen molar-refractivity contribution in [2.75, 3.05) is 13.1 Å². The second-order valence-corrected chi connectivity index (χ2v) is 4.91. The Bertz CT molecular complexity index is 449. The molecule has 0 radical (unpaired) electrons. The second kappa shape index (κ2) is 4.94. The highest BCUT2D eigenvalue weighted by molar-refractivity contribution is 7.85. The summed E-state index contributed by atoms with van der Waals surface area (Å²) in [6.07, 6.45) is 1.31. The zero-order chi connectivity index (χ0) is 12.3. The maximum Gasteiger partial charge on any atom is 0.313 e. The number of aromatic nitrogens is 2. The van der Waals surface area contributed by atoms with Gasteiger partial charge in [0.05, 0.1) is 6.54 Å². The standard InChI is InChI=1S/C9H17N3O3S/c1-4-12(5-2)6-8-10-9(7-11(8)3)16(13,14)15/h7H,4-6H2,1-3H3,(H,13,14,15). The molecule has 1 aromatic heterocycles. The zero-order valence-electron chi connectivity index (χ0n) is 9.71. The van der Waals surface area contributed by atoms with E-state index in [1.165, 1.54) is 6.20 Å². The van der Waals surface area contributed by atoms with E-state index >= 15 is 0 Å². The molecule has 1 heterocycles. The van der Waals surface area contributed by atoms with Gasteiger partial charge in [-0.05, 0) is 13.1 Å². The average molecular weight is 247 g/mol. The molecule has 0 spiro atoms. The fraction of sp³-hybridized carbons (Fsp3) is 0.667. The maximum absolute atomic E-state index is 10.9. The van der Waals surface area contributed by atoms with Crippen molar-refractivity contribution >= 4 is 10.1 Å². The van der Waals surface area contributed by atoms with Crippen LogP contribution in [0, 0.1) is 0 Å². The molecule has 1 rings (SSSR count). The number of aryl methyl sites for hydroxylation is 1. The number of rotatable bonds is 5. The minimum absolute atomic E-state index is 0.294. The fourth-order valence-corrected chi connectivity index (χ4v) is 1.91. The number of hydrogen-bond donors (Lipinski definition) is 1. The molecule has 0 fully saturated rings. The lowest BCUT2D eigenvalue weighted by Crippen LogP contribution is -2.23. The first-order valence-corrected chi connectivity index (χ1v) is 6.54. The molecule has 0 saturated heterocycles. The molecule has 6 nitrogen and oxygen atoms in total. The summed E-state index contributed by atoms with van der Waals surface area (Å²) in [6, 6.07) is 0. The maximum atomic E-state index is 10.9. The van der Waals surface area contributed by atoms with Crippen molar-refractivity contribution in [2.24, 2.45) is 7.05 Å². The highest BCUT2D eigenvalue weighted by atomic mass is 32.2. The average Bonchev–Trinajstić information content (AvgIpc) is 2.56. The van der Waals surface area contributed by atoms with Crippen molar-refractivity contribution in [2.45, 2.75) is 25.4 Å². The molecular formula is C9H17N3O3S. The number of imidazole rings is 1. The molecule has 1 N–H and O–H groups in total. The van der Waals surface area contributed by atoms with Gasteiger partial charge in [0.2, 0.25) is 5.03 Å². The van der Waals surface area contributed by atoms with E-state index in [1.807, 2.05) is 13.8 Å². The predicted molar refractivity (Wildman–Crippen MR) is 59.6 cm³/mol. The lowest BCUT2D eigenvalue weighted by Gasteiger charge is -2.16. The Labute approximate surface area is 95.6 Å². The van der Waals surface area contributed by atoms with Crippen LogP contribution in [0.4, 0.5) is 0 Å². The highest BCUT2D eigenvalue weighted by Gasteiger charge is 2.17. The molecule has 0 aliphatic carbocycles. The largest absolute Gasteiger partial charge is 0.335 e. The van der Waals surface area contributed by atoms with Crippen molar-refractivity contribution in [3.8, 4) is 0 Å². The topological polar surface area (TPSA) is 75.4 Å². The van der Waals surface area contributed by atoms with Gasteiger partial charge in [-0.3, -0.25) is 9.45 Å². The molecule has 92 valence electrons. The molecule has 0 atom stereocenters. The smallest absolute Gasteiger partial charge is 0.313 e. The Morgan fingerprint density at radius 3 is 2.38 bits per heavy atom. The molecule has 16 heavy (non-hydrogen) atoms. The summed E-state index contributed by atoms with van der Waals surface area (Å²) >= 11 is 0. The van der Waals surface area contributed by atoms with Crippen LogP contribution in [0.2, 0.25) is 0 Å². The zero-order valence-corrected chi connectivity index (χ0v) is 10.5. The third-order valence-corrected chi connectivity index (χ3v) is 3.20. The van der Waals surface area contributed by atoms with Gasteiger partial charge in [0, 0.05) is 13.2 Å². The van der Waals surface area contributed by atoms with Gasteiger partial charge in [0.15, 0.2) is 0 Å². The van der Waals surface area contributed by atoms with Crippen LogP contribution in [-0.4, -0.2) is 40.5 Å². The molecule has 0 aliphatic heterocycles. The monoisotopic (exact) mass is 247 g/mol. The van der Waals surface area contributed by atoms with Crippen LogP contribution in [0.25, 0.3) is 0 Å². The van der Waals surface area contributed by atoms with Crippen molar-refractivity contribution in [3.05, 3.63) is 12.0 Å². The van der Waals surface area contributed by atoms with Crippen LogP contribution in [0.15, 0.2) is 11.2 Å². The van der Waals surface area contributed by atoms with Crippen molar-refractivity contribution in [1.82, 2.24) is 14.5 Å². The molecule has 0 aliphatic rings. The SMILES string of the molecule is CCN(CC)Cc1nc(S(=O)(=O)O)cn1C. The lowest BCUT2D eigenvalue weighted by molar-refractivity contribution is 0.285. The Hall–Kier alpha value is -0.920. The lowest BCUT2D eigenvalue weighted by atomic mass is 10.4. The first-order valence-electron chi connectivity index (χ1n) is 5.10. The first kappa shape index (κ1) is 13.1. The van der Waals surface area contributed by atoms with Crippen LogP contribution in [0.5, 0.6) is 0 Å². The summed E-state index contributed by atoms with van der Waals surface area (Å²) in [4.78, 5) is 6.01.